The third kappa shape index (κ3) is 3.72. The molecule has 110 valence electrons. The number of benzene rings is 1. The number of aryl methyl sites for hydroxylation is 2. The summed E-state index contributed by atoms with van der Waals surface area (Å²) < 4.78 is 0. The number of carbonyl (C=O) groups excluding carboxylic acids is 1. The van der Waals surface area contributed by atoms with E-state index in [0.29, 0.717) is 23.7 Å². The van der Waals surface area contributed by atoms with E-state index in [2.05, 4.69) is 5.32 Å². The first-order valence-electron chi connectivity index (χ1n) is 6.78. The van der Waals surface area contributed by atoms with E-state index < -0.39 is 5.60 Å². The average Bonchev–Trinajstić information content (AvgIpc) is 2.63. The largest absolute Gasteiger partial charge is 0.389 e. The molecule has 2 N–H and O–H groups in total. The molecule has 0 bridgehead atoms. The number of β-amino-alcohol motifs (C(OH)–C–C–N with tert-alkyl or cyclic N) is 1. The predicted molar refractivity (Wildman–Crippen MR) is 81.2 cm³/mol. The zero-order valence-corrected chi connectivity index (χ0v) is 12.9. The fourth-order valence-corrected chi connectivity index (χ4v) is 3.00. The third-order valence-corrected chi connectivity index (χ3v) is 3.89. The number of nitrogens with one attached hydrogen (secondary N) is 1. The fourth-order valence-electron chi connectivity index (χ4n) is 2.63. The van der Waals surface area contributed by atoms with Crippen molar-refractivity contribution in [3.8, 4) is 0 Å². The Labute approximate surface area is 124 Å². The minimum Gasteiger partial charge on any atom is -0.389 e. The van der Waals surface area contributed by atoms with Crippen molar-refractivity contribution in [2.24, 2.45) is 0 Å². The number of carbonyl (C=O) groups is 1. The van der Waals surface area contributed by atoms with Gasteiger partial charge in [-0.1, -0.05) is 17.7 Å². The number of hydrogen-bond acceptors (Lipinski definition) is 3. The van der Waals surface area contributed by atoms with Crippen LogP contribution < -0.4 is 5.32 Å². The first kappa shape index (κ1) is 15.3. The summed E-state index contributed by atoms with van der Waals surface area (Å²) in [6.45, 7) is 7.24. The molecule has 0 saturated carbocycles. The van der Waals surface area contributed by atoms with E-state index in [-0.39, 0.29) is 12.5 Å². The highest BCUT2D eigenvalue weighted by atomic mass is 35.5. The van der Waals surface area contributed by atoms with Gasteiger partial charge in [0, 0.05) is 13.1 Å². The molecular weight excluding hydrogens is 276 g/mol. The van der Waals surface area contributed by atoms with Crippen LogP contribution in [-0.4, -0.2) is 41.1 Å². The lowest BCUT2D eigenvalue weighted by Gasteiger charge is -2.19. The lowest BCUT2D eigenvalue weighted by molar-refractivity contribution is -0.117. The van der Waals surface area contributed by atoms with Crippen molar-refractivity contribution in [3.05, 3.63) is 28.3 Å². The van der Waals surface area contributed by atoms with Crippen molar-refractivity contribution < 1.29 is 9.90 Å². The number of rotatable bonds is 3. The molecule has 2 rings (SSSR count). The van der Waals surface area contributed by atoms with Crippen LogP contribution in [0.5, 0.6) is 0 Å². The first-order valence-corrected chi connectivity index (χ1v) is 7.16. The molecule has 0 spiro atoms. The van der Waals surface area contributed by atoms with Gasteiger partial charge in [-0.2, -0.15) is 0 Å². The molecule has 1 aliphatic heterocycles. The van der Waals surface area contributed by atoms with E-state index >= 15 is 0 Å². The molecule has 1 heterocycles. The summed E-state index contributed by atoms with van der Waals surface area (Å²) in [6, 6.07) is 3.83. The molecule has 0 aliphatic carbocycles. The summed E-state index contributed by atoms with van der Waals surface area (Å²) >= 11 is 6.17. The Kier molecular flexibility index (Phi) is 4.37. The number of amides is 1. The summed E-state index contributed by atoms with van der Waals surface area (Å²) in [5, 5.41) is 13.3. The zero-order chi connectivity index (χ0) is 14.9. The van der Waals surface area contributed by atoms with Gasteiger partial charge in [-0.25, -0.2) is 0 Å². The number of aliphatic hydroxyl groups is 1. The molecule has 0 radical (unpaired) electrons. The topological polar surface area (TPSA) is 52.6 Å². The van der Waals surface area contributed by atoms with Crippen LogP contribution in [-0.2, 0) is 4.79 Å². The normalized spacial score (nSPS) is 23.1. The maximum absolute atomic E-state index is 12.1. The number of anilines is 1. The molecule has 0 aromatic heterocycles. The lowest BCUT2D eigenvalue weighted by atomic mass is 10.1. The molecule has 1 unspecified atom stereocenters. The molecular formula is C15H21ClN2O2. The minimum atomic E-state index is -0.683. The smallest absolute Gasteiger partial charge is 0.238 e. The Morgan fingerprint density at radius 2 is 2.20 bits per heavy atom. The van der Waals surface area contributed by atoms with Crippen molar-refractivity contribution >= 4 is 23.2 Å². The maximum Gasteiger partial charge on any atom is 0.238 e. The van der Waals surface area contributed by atoms with Gasteiger partial charge in [0.15, 0.2) is 0 Å². The van der Waals surface area contributed by atoms with E-state index in [1.54, 1.807) is 6.92 Å². The van der Waals surface area contributed by atoms with Crippen molar-refractivity contribution in [2.45, 2.75) is 32.8 Å². The second-order valence-corrected chi connectivity index (χ2v) is 6.35. The van der Waals surface area contributed by atoms with Crippen LogP contribution in [0.2, 0.25) is 5.02 Å². The highest BCUT2D eigenvalue weighted by molar-refractivity contribution is 6.34. The van der Waals surface area contributed by atoms with Crippen LogP contribution in [0.25, 0.3) is 0 Å². The van der Waals surface area contributed by atoms with Gasteiger partial charge in [0.05, 0.1) is 22.9 Å². The molecule has 4 nitrogen and oxygen atoms in total. The Morgan fingerprint density at radius 1 is 1.50 bits per heavy atom. The van der Waals surface area contributed by atoms with E-state index in [1.165, 1.54) is 0 Å². The second-order valence-electron chi connectivity index (χ2n) is 5.94. The van der Waals surface area contributed by atoms with Crippen LogP contribution >= 0.6 is 11.6 Å². The van der Waals surface area contributed by atoms with Gasteiger partial charge < -0.3 is 10.4 Å². The summed E-state index contributed by atoms with van der Waals surface area (Å²) in [5.74, 6) is -0.100. The molecule has 1 aromatic rings. The van der Waals surface area contributed by atoms with E-state index in [9.17, 15) is 9.90 Å². The Morgan fingerprint density at radius 3 is 2.75 bits per heavy atom. The van der Waals surface area contributed by atoms with Gasteiger partial charge in [-0.15, -0.1) is 0 Å². The quantitative estimate of drug-likeness (QED) is 0.900. The number of nitrogens with zero attached hydrogens (tertiary/aromatic N) is 1. The van der Waals surface area contributed by atoms with Gasteiger partial charge in [0.25, 0.3) is 0 Å². The molecule has 1 atom stereocenters. The molecule has 20 heavy (non-hydrogen) atoms. The van der Waals surface area contributed by atoms with Crippen LogP contribution in [0.1, 0.15) is 24.5 Å². The predicted octanol–water partition coefficient (Wildman–Crippen LogP) is 2.35. The van der Waals surface area contributed by atoms with Crippen LogP contribution in [0.15, 0.2) is 12.1 Å². The van der Waals surface area contributed by atoms with Crippen LogP contribution in [0, 0.1) is 13.8 Å². The summed E-state index contributed by atoms with van der Waals surface area (Å²) in [4.78, 5) is 14.0. The summed E-state index contributed by atoms with van der Waals surface area (Å²) in [7, 11) is 0. The molecule has 5 heteroatoms. The van der Waals surface area contributed by atoms with Crippen molar-refractivity contribution in [1.82, 2.24) is 4.90 Å². The molecule has 1 aromatic carbocycles. The van der Waals surface area contributed by atoms with Crippen LogP contribution in [0.4, 0.5) is 5.69 Å². The number of likely N-dealkylation sites (tertiary alicyclic amines) is 1. The van der Waals surface area contributed by atoms with Crippen molar-refractivity contribution in [2.75, 3.05) is 25.0 Å². The van der Waals surface area contributed by atoms with Gasteiger partial charge in [-0.05, 0) is 44.4 Å². The van der Waals surface area contributed by atoms with Crippen molar-refractivity contribution in [1.29, 1.82) is 0 Å². The van der Waals surface area contributed by atoms with Gasteiger partial charge in [0.1, 0.15) is 0 Å². The minimum absolute atomic E-state index is 0.100. The third-order valence-electron chi connectivity index (χ3n) is 3.59. The maximum atomic E-state index is 12.1. The zero-order valence-electron chi connectivity index (χ0n) is 12.2. The van der Waals surface area contributed by atoms with E-state index in [0.717, 1.165) is 17.7 Å². The molecule has 1 aliphatic rings. The second kappa shape index (κ2) is 5.72. The van der Waals surface area contributed by atoms with Gasteiger partial charge in [0.2, 0.25) is 5.91 Å². The monoisotopic (exact) mass is 296 g/mol. The summed E-state index contributed by atoms with van der Waals surface area (Å²) in [6.07, 6.45) is 0.699. The molecule has 1 amide bonds. The highest BCUT2D eigenvalue weighted by Crippen LogP contribution is 2.27. The number of halogens is 1. The Bertz CT molecular complexity index is 506. The Hall–Kier alpha value is -1.10. The average molecular weight is 297 g/mol. The Balaban J connectivity index is 1.99. The van der Waals surface area contributed by atoms with Crippen LogP contribution in [0.3, 0.4) is 0 Å². The highest BCUT2D eigenvalue weighted by Gasteiger charge is 2.32. The van der Waals surface area contributed by atoms with Gasteiger partial charge >= 0.3 is 0 Å². The summed E-state index contributed by atoms with van der Waals surface area (Å²) in [5.41, 5.74) is 2.02. The lowest BCUT2D eigenvalue weighted by Crippen LogP contribution is -2.35. The molecule has 1 fully saturated rings. The SMILES string of the molecule is Cc1cc(C)c(NC(=O)CN2CCC(C)(O)C2)c(Cl)c1. The molecule has 1 saturated heterocycles. The van der Waals surface area contributed by atoms with E-state index in [1.807, 2.05) is 30.9 Å². The van der Waals surface area contributed by atoms with E-state index in [4.69, 9.17) is 11.6 Å². The standard InChI is InChI=1S/C15H21ClN2O2/c1-10-6-11(2)14(12(16)7-10)17-13(19)8-18-5-4-15(3,20)9-18/h6-7,20H,4-5,8-9H2,1-3H3,(H,17,19). The first-order chi connectivity index (χ1) is 9.27. The van der Waals surface area contributed by atoms with Gasteiger partial charge in [-0.3, -0.25) is 9.69 Å². The fraction of sp³-hybridized carbons (Fsp3) is 0.533. The van der Waals surface area contributed by atoms with Crippen molar-refractivity contribution in [3.63, 3.8) is 0 Å². The number of hydrogen-bond donors (Lipinski definition) is 2.